The standard InChI is InChI=1S/C15H19N3O3S/c1-3-6-17-11(19)4-5-15(2,14(17)21)18-7-9-10(13(18)20)8-22-12(9)16/h8H,3-7,16H2,1-2H3/t15-/m1/s1. The highest BCUT2D eigenvalue weighted by Crippen LogP contribution is 2.40. The lowest BCUT2D eigenvalue weighted by atomic mass is 9.87. The van der Waals surface area contributed by atoms with Crippen molar-refractivity contribution in [3.05, 3.63) is 16.5 Å². The second kappa shape index (κ2) is 5.08. The number of piperidine rings is 1. The average molecular weight is 321 g/mol. The quantitative estimate of drug-likeness (QED) is 0.857. The number of thiophene rings is 1. The van der Waals surface area contributed by atoms with Crippen molar-refractivity contribution in [2.24, 2.45) is 0 Å². The molecule has 0 bridgehead atoms. The lowest BCUT2D eigenvalue weighted by Gasteiger charge is -2.43. The van der Waals surface area contributed by atoms with E-state index in [0.717, 1.165) is 5.56 Å². The van der Waals surface area contributed by atoms with Gasteiger partial charge in [-0.25, -0.2) is 0 Å². The number of imide groups is 1. The second-order valence-electron chi connectivity index (χ2n) is 6.01. The van der Waals surface area contributed by atoms with E-state index in [2.05, 4.69) is 0 Å². The van der Waals surface area contributed by atoms with Gasteiger partial charge >= 0.3 is 0 Å². The number of nitrogen functional groups attached to an aromatic ring is 1. The molecule has 1 saturated heterocycles. The smallest absolute Gasteiger partial charge is 0.256 e. The van der Waals surface area contributed by atoms with Crippen LogP contribution in [0.5, 0.6) is 0 Å². The summed E-state index contributed by atoms with van der Waals surface area (Å²) in [4.78, 5) is 40.3. The van der Waals surface area contributed by atoms with Crippen LogP contribution in [0.25, 0.3) is 0 Å². The molecule has 1 fully saturated rings. The highest BCUT2D eigenvalue weighted by Gasteiger charge is 2.51. The van der Waals surface area contributed by atoms with Crippen LogP contribution < -0.4 is 5.73 Å². The summed E-state index contributed by atoms with van der Waals surface area (Å²) < 4.78 is 0. The number of rotatable bonds is 3. The zero-order valence-corrected chi connectivity index (χ0v) is 13.5. The van der Waals surface area contributed by atoms with Crippen LogP contribution in [-0.2, 0) is 16.1 Å². The molecular formula is C15H19N3O3S. The Morgan fingerprint density at radius 1 is 1.36 bits per heavy atom. The summed E-state index contributed by atoms with van der Waals surface area (Å²) in [5.74, 6) is -0.583. The molecule has 0 aromatic carbocycles. The fraction of sp³-hybridized carbons (Fsp3) is 0.533. The maximum Gasteiger partial charge on any atom is 0.256 e. The van der Waals surface area contributed by atoms with Crippen LogP contribution in [0.3, 0.4) is 0 Å². The van der Waals surface area contributed by atoms with Gasteiger partial charge in [0.15, 0.2) is 0 Å². The van der Waals surface area contributed by atoms with E-state index in [-0.39, 0.29) is 24.1 Å². The Labute approximate surface area is 132 Å². The molecule has 7 heteroatoms. The third-order valence-electron chi connectivity index (χ3n) is 4.59. The minimum Gasteiger partial charge on any atom is -0.390 e. The highest BCUT2D eigenvalue weighted by molar-refractivity contribution is 7.14. The first-order valence-corrected chi connectivity index (χ1v) is 8.30. The van der Waals surface area contributed by atoms with Crippen molar-refractivity contribution < 1.29 is 14.4 Å². The lowest BCUT2D eigenvalue weighted by Crippen LogP contribution is -2.62. The number of carbonyl (C=O) groups is 3. The van der Waals surface area contributed by atoms with Gasteiger partial charge in [-0.05, 0) is 19.8 Å². The zero-order valence-electron chi connectivity index (χ0n) is 12.7. The molecule has 0 radical (unpaired) electrons. The van der Waals surface area contributed by atoms with Gasteiger partial charge in [0.2, 0.25) is 5.91 Å². The summed E-state index contributed by atoms with van der Waals surface area (Å²) >= 11 is 1.35. The lowest BCUT2D eigenvalue weighted by molar-refractivity contribution is -0.157. The van der Waals surface area contributed by atoms with E-state index in [1.54, 1.807) is 17.2 Å². The Hall–Kier alpha value is -1.89. The van der Waals surface area contributed by atoms with E-state index >= 15 is 0 Å². The molecule has 1 aromatic rings. The summed E-state index contributed by atoms with van der Waals surface area (Å²) in [6.07, 6.45) is 1.36. The van der Waals surface area contributed by atoms with E-state index in [1.807, 2.05) is 6.92 Å². The third kappa shape index (κ3) is 1.95. The van der Waals surface area contributed by atoms with Crippen molar-refractivity contribution >= 4 is 34.1 Å². The molecule has 0 aliphatic carbocycles. The molecule has 0 unspecified atom stereocenters. The fourth-order valence-electron chi connectivity index (χ4n) is 3.21. The van der Waals surface area contributed by atoms with Gasteiger partial charge in [0.05, 0.1) is 17.1 Å². The highest BCUT2D eigenvalue weighted by atomic mass is 32.1. The van der Waals surface area contributed by atoms with E-state index < -0.39 is 5.54 Å². The van der Waals surface area contributed by atoms with Crippen molar-refractivity contribution in [2.45, 2.75) is 45.2 Å². The first-order valence-electron chi connectivity index (χ1n) is 7.42. The normalized spacial score (nSPS) is 25.1. The molecule has 22 heavy (non-hydrogen) atoms. The molecule has 3 amide bonds. The van der Waals surface area contributed by atoms with Crippen molar-refractivity contribution in [3.8, 4) is 0 Å². The van der Waals surface area contributed by atoms with Gasteiger partial charge in [0, 0.05) is 23.9 Å². The van der Waals surface area contributed by atoms with Crippen LogP contribution in [0.15, 0.2) is 5.38 Å². The molecule has 2 aliphatic heterocycles. The van der Waals surface area contributed by atoms with Gasteiger partial charge in [-0.3, -0.25) is 19.3 Å². The number of hydrogen-bond donors (Lipinski definition) is 1. The molecule has 3 rings (SSSR count). The predicted molar refractivity (Wildman–Crippen MR) is 83.3 cm³/mol. The van der Waals surface area contributed by atoms with E-state index in [0.29, 0.717) is 36.5 Å². The summed E-state index contributed by atoms with van der Waals surface area (Å²) in [5.41, 5.74) is 6.34. The summed E-state index contributed by atoms with van der Waals surface area (Å²) in [7, 11) is 0. The van der Waals surface area contributed by atoms with Crippen LogP contribution in [0.2, 0.25) is 0 Å². The van der Waals surface area contributed by atoms with Crippen LogP contribution in [-0.4, -0.2) is 39.6 Å². The largest absolute Gasteiger partial charge is 0.390 e. The van der Waals surface area contributed by atoms with Gasteiger partial charge in [-0.15, -0.1) is 11.3 Å². The van der Waals surface area contributed by atoms with Crippen molar-refractivity contribution in [1.82, 2.24) is 9.80 Å². The number of amides is 3. The molecule has 2 N–H and O–H groups in total. The number of carbonyl (C=O) groups excluding carboxylic acids is 3. The third-order valence-corrected chi connectivity index (χ3v) is 5.45. The number of likely N-dealkylation sites (tertiary alicyclic amines) is 1. The minimum absolute atomic E-state index is 0.148. The van der Waals surface area contributed by atoms with Crippen LogP contribution in [0.1, 0.15) is 49.0 Å². The average Bonchev–Trinajstić information content (AvgIpc) is 3.01. The predicted octanol–water partition coefficient (Wildman–Crippen LogP) is 1.60. The number of fused-ring (bicyclic) bond motifs is 1. The summed E-state index contributed by atoms with van der Waals surface area (Å²) in [6.45, 7) is 4.43. The monoisotopic (exact) mass is 321 g/mol. The number of anilines is 1. The first kappa shape index (κ1) is 15.0. The zero-order chi connectivity index (χ0) is 16.1. The Morgan fingerprint density at radius 2 is 2.09 bits per heavy atom. The maximum absolute atomic E-state index is 12.8. The van der Waals surface area contributed by atoms with Crippen molar-refractivity contribution in [2.75, 3.05) is 12.3 Å². The summed E-state index contributed by atoms with van der Waals surface area (Å²) in [5, 5.41) is 2.37. The van der Waals surface area contributed by atoms with Crippen molar-refractivity contribution in [1.29, 1.82) is 0 Å². The molecule has 0 spiro atoms. The Bertz CT molecular complexity index is 669. The van der Waals surface area contributed by atoms with Gasteiger partial charge in [0.25, 0.3) is 11.8 Å². The van der Waals surface area contributed by atoms with Gasteiger partial charge in [0.1, 0.15) is 5.54 Å². The minimum atomic E-state index is -0.969. The Kier molecular flexibility index (Phi) is 3.47. The second-order valence-corrected chi connectivity index (χ2v) is 6.92. The molecular weight excluding hydrogens is 302 g/mol. The number of nitrogens with two attached hydrogens (primary N) is 1. The molecule has 3 heterocycles. The van der Waals surface area contributed by atoms with E-state index in [4.69, 9.17) is 5.73 Å². The summed E-state index contributed by atoms with van der Waals surface area (Å²) in [6, 6.07) is 0. The SMILES string of the molecule is CCCN1C(=O)CC[C@@](C)(N2Cc3c(csc3N)C2=O)C1=O. The van der Waals surface area contributed by atoms with Crippen molar-refractivity contribution in [3.63, 3.8) is 0 Å². The molecule has 1 atom stereocenters. The fourth-order valence-corrected chi connectivity index (χ4v) is 4.02. The Morgan fingerprint density at radius 3 is 2.73 bits per heavy atom. The Balaban J connectivity index is 1.92. The number of hydrogen-bond acceptors (Lipinski definition) is 5. The van der Waals surface area contributed by atoms with Crippen LogP contribution >= 0.6 is 11.3 Å². The molecule has 6 nitrogen and oxygen atoms in total. The van der Waals surface area contributed by atoms with E-state index in [9.17, 15) is 14.4 Å². The van der Waals surface area contributed by atoms with Crippen LogP contribution in [0.4, 0.5) is 5.00 Å². The van der Waals surface area contributed by atoms with Gasteiger partial charge in [-0.2, -0.15) is 0 Å². The number of nitrogens with zero attached hydrogens (tertiary/aromatic N) is 2. The first-order chi connectivity index (χ1) is 10.4. The van der Waals surface area contributed by atoms with Gasteiger partial charge < -0.3 is 10.6 Å². The topological polar surface area (TPSA) is 83.7 Å². The molecule has 118 valence electrons. The van der Waals surface area contributed by atoms with Crippen LogP contribution in [0, 0.1) is 0 Å². The maximum atomic E-state index is 12.8. The van der Waals surface area contributed by atoms with E-state index in [1.165, 1.54) is 16.2 Å². The molecule has 0 saturated carbocycles. The van der Waals surface area contributed by atoms with Gasteiger partial charge in [-0.1, -0.05) is 6.92 Å². The molecule has 1 aromatic heterocycles. The molecule has 2 aliphatic rings.